The third-order valence-corrected chi connectivity index (χ3v) is 3.28. The maximum absolute atomic E-state index is 13.6. The standard InChI is InChI=1S/C17H8F5N/c18-13-11(14(19)16(21)17(22)15(13)20)8-7-10-6-5-9-3-1-2-4-12(9)23-10/h1-8H. The van der Waals surface area contributed by atoms with Gasteiger partial charge in [-0.25, -0.2) is 26.9 Å². The average molecular weight is 321 g/mol. The van der Waals surface area contributed by atoms with E-state index < -0.39 is 34.6 Å². The van der Waals surface area contributed by atoms with Crippen molar-refractivity contribution in [1.82, 2.24) is 4.98 Å². The summed E-state index contributed by atoms with van der Waals surface area (Å²) < 4.78 is 66.4. The topological polar surface area (TPSA) is 12.9 Å². The van der Waals surface area contributed by atoms with Crippen LogP contribution in [0, 0.1) is 29.1 Å². The number of fused-ring (bicyclic) bond motifs is 1. The number of nitrogens with zero attached hydrogens (tertiary/aromatic N) is 1. The maximum atomic E-state index is 13.6. The van der Waals surface area contributed by atoms with Gasteiger partial charge in [-0.2, -0.15) is 0 Å². The fourth-order valence-electron chi connectivity index (χ4n) is 2.11. The summed E-state index contributed by atoms with van der Waals surface area (Å²) in [6, 6.07) is 10.5. The molecule has 116 valence electrons. The van der Waals surface area contributed by atoms with Gasteiger partial charge in [-0.05, 0) is 24.3 Å². The van der Waals surface area contributed by atoms with Crippen molar-refractivity contribution in [2.24, 2.45) is 0 Å². The second kappa shape index (κ2) is 5.79. The summed E-state index contributed by atoms with van der Waals surface area (Å²) in [7, 11) is 0. The van der Waals surface area contributed by atoms with E-state index in [0.29, 0.717) is 11.2 Å². The van der Waals surface area contributed by atoms with Crippen LogP contribution in [0.2, 0.25) is 0 Å². The third-order valence-electron chi connectivity index (χ3n) is 3.28. The highest BCUT2D eigenvalue weighted by Gasteiger charge is 2.24. The number of hydrogen-bond donors (Lipinski definition) is 0. The van der Waals surface area contributed by atoms with Crippen LogP contribution in [0.15, 0.2) is 36.4 Å². The lowest BCUT2D eigenvalue weighted by atomic mass is 10.1. The quantitative estimate of drug-likeness (QED) is 0.363. The molecule has 6 heteroatoms. The second-order valence-electron chi connectivity index (χ2n) is 4.75. The molecule has 0 unspecified atom stereocenters. The number of aromatic nitrogens is 1. The van der Waals surface area contributed by atoms with Gasteiger partial charge < -0.3 is 0 Å². The molecule has 2 aromatic carbocycles. The molecule has 3 aromatic rings. The van der Waals surface area contributed by atoms with E-state index in [2.05, 4.69) is 4.98 Å². The first-order valence-electron chi connectivity index (χ1n) is 6.54. The van der Waals surface area contributed by atoms with Crippen molar-refractivity contribution in [2.45, 2.75) is 0 Å². The van der Waals surface area contributed by atoms with Gasteiger partial charge in [-0.1, -0.05) is 24.3 Å². The van der Waals surface area contributed by atoms with E-state index >= 15 is 0 Å². The molecule has 1 heterocycles. The second-order valence-corrected chi connectivity index (χ2v) is 4.75. The number of para-hydroxylation sites is 1. The van der Waals surface area contributed by atoms with Gasteiger partial charge in [0.2, 0.25) is 5.82 Å². The van der Waals surface area contributed by atoms with Crippen LogP contribution in [-0.4, -0.2) is 4.98 Å². The number of halogens is 5. The Hall–Kier alpha value is -2.76. The molecule has 0 atom stereocenters. The summed E-state index contributed by atoms with van der Waals surface area (Å²) in [5, 5.41) is 0.862. The van der Waals surface area contributed by atoms with E-state index in [1.54, 1.807) is 24.3 Å². The van der Waals surface area contributed by atoms with Crippen LogP contribution in [0.3, 0.4) is 0 Å². The largest absolute Gasteiger partial charge is 0.248 e. The Kier molecular flexibility index (Phi) is 3.82. The molecule has 0 amide bonds. The summed E-state index contributed by atoms with van der Waals surface area (Å²) in [6.07, 6.45) is 2.00. The molecule has 1 aromatic heterocycles. The monoisotopic (exact) mass is 321 g/mol. The molecule has 0 spiro atoms. The van der Waals surface area contributed by atoms with E-state index in [9.17, 15) is 22.0 Å². The first-order chi connectivity index (χ1) is 11.0. The highest BCUT2D eigenvalue weighted by Crippen LogP contribution is 2.24. The minimum Gasteiger partial charge on any atom is -0.248 e. The molecule has 0 aliphatic heterocycles. The lowest BCUT2D eigenvalue weighted by molar-refractivity contribution is 0.377. The van der Waals surface area contributed by atoms with E-state index in [-0.39, 0.29) is 0 Å². The molecule has 0 aliphatic carbocycles. The Morgan fingerprint density at radius 2 is 1.26 bits per heavy atom. The summed E-state index contributed by atoms with van der Waals surface area (Å²) in [4.78, 5) is 4.22. The lowest BCUT2D eigenvalue weighted by Gasteiger charge is -2.04. The lowest BCUT2D eigenvalue weighted by Crippen LogP contribution is -2.03. The van der Waals surface area contributed by atoms with Gasteiger partial charge in [0.25, 0.3) is 0 Å². The third kappa shape index (κ3) is 2.67. The first kappa shape index (κ1) is 15.1. The van der Waals surface area contributed by atoms with Gasteiger partial charge in [0, 0.05) is 5.39 Å². The van der Waals surface area contributed by atoms with Crippen molar-refractivity contribution in [2.75, 3.05) is 0 Å². The van der Waals surface area contributed by atoms with Crippen LogP contribution in [0.4, 0.5) is 22.0 Å². The van der Waals surface area contributed by atoms with Crippen molar-refractivity contribution in [3.63, 3.8) is 0 Å². The molecule has 0 N–H and O–H groups in total. The summed E-state index contributed by atoms with van der Waals surface area (Å²) in [5.41, 5.74) is -0.0314. The minimum atomic E-state index is -2.18. The van der Waals surface area contributed by atoms with Crippen LogP contribution >= 0.6 is 0 Å². The number of hydrogen-bond acceptors (Lipinski definition) is 1. The summed E-state index contributed by atoms with van der Waals surface area (Å²) >= 11 is 0. The van der Waals surface area contributed by atoms with Crippen LogP contribution in [-0.2, 0) is 0 Å². The van der Waals surface area contributed by atoms with Gasteiger partial charge in [0.15, 0.2) is 23.3 Å². The van der Waals surface area contributed by atoms with E-state index in [4.69, 9.17) is 0 Å². The highest BCUT2D eigenvalue weighted by atomic mass is 19.2. The first-order valence-corrected chi connectivity index (χ1v) is 6.54. The fourth-order valence-corrected chi connectivity index (χ4v) is 2.11. The zero-order valence-electron chi connectivity index (χ0n) is 11.5. The molecule has 23 heavy (non-hydrogen) atoms. The van der Waals surface area contributed by atoms with Gasteiger partial charge in [0.05, 0.1) is 16.8 Å². The Morgan fingerprint density at radius 3 is 1.96 bits per heavy atom. The van der Waals surface area contributed by atoms with Crippen molar-refractivity contribution < 1.29 is 22.0 Å². The van der Waals surface area contributed by atoms with E-state index in [1.807, 2.05) is 12.1 Å². The Balaban J connectivity index is 2.05. The molecule has 0 radical (unpaired) electrons. The molecule has 1 nitrogen and oxygen atoms in total. The van der Waals surface area contributed by atoms with Crippen molar-refractivity contribution in [3.8, 4) is 0 Å². The Morgan fingerprint density at radius 1 is 0.652 bits per heavy atom. The van der Waals surface area contributed by atoms with Crippen LogP contribution in [0.1, 0.15) is 11.3 Å². The SMILES string of the molecule is Fc1c(F)c(F)c(C=Cc2ccc3ccccc3n2)c(F)c1F. The van der Waals surface area contributed by atoms with Crippen LogP contribution < -0.4 is 0 Å². The molecule has 0 bridgehead atoms. The smallest absolute Gasteiger partial charge is 0.200 e. The predicted octanol–water partition coefficient (Wildman–Crippen LogP) is 5.10. The molecular weight excluding hydrogens is 313 g/mol. The summed E-state index contributed by atoms with van der Waals surface area (Å²) in [5.74, 6) is -9.89. The van der Waals surface area contributed by atoms with Crippen LogP contribution in [0.5, 0.6) is 0 Å². The molecule has 0 fully saturated rings. The van der Waals surface area contributed by atoms with Crippen LogP contribution in [0.25, 0.3) is 23.1 Å². The molecule has 0 aliphatic rings. The fraction of sp³-hybridized carbons (Fsp3) is 0. The molecule has 3 rings (SSSR count). The zero-order valence-corrected chi connectivity index (χ0v) is 11.5. The van der Waals surface area contributed by atoms with E-state index in [0.717, 1.165) is 11.5 Å². The summed E-state index contributed by atoms with van der Waals surface area (Å²) in [6.45, 7) is 0. The number of rotatable bonds is 2. The Bertz CT molecular complexity index is 905. The van der Waals surface area contributed by atoms with Gasteiger partial charge in [0.1, 0.15) is 0 Å². The zero-order chi connectivity index (χ0) is 16.6. The van der Waals surface area contributed by atoms with E-state index in [1.165, 1.54) is 6.08 Å². The Labute approximate surface area is 127 Å². The van der Waals surface area contributed by atoms with Gasteiger partial charge in [-0.3, -0.25) is 0 Å². The molecule has 0 saturated carbocycles. The molecular formula is C17H8F5N. The highest BCUT2D eigenvalue weighted by molar-refractivity contribution is 5.80. The van der Waals surface area contributed by atoms with Crippen molar-refractivity contribution in [3.05, 3.63) is 76.7 Å². The van der Waals surface area contributed by atoms with Crippen molar-refractivity contribution in [1.29, 1.82) is 0 Å². The van der Waals surface area contributed by atoms with Crippen molar-refractivity contribution >= 4 is 23.1 Å². The number of benzene rings is 2. The average Bonchev–Trinajstić information content (AvgIpc) is 2.58. The van der Waals surface area contributed by atoms with Gasteiger partial charge >= 0.3 is 0 Å². The maximum Gasteiger partial charge on any atom is 0.200 e. The minimum absolute atomic E-state index is 0.327. The number of pyridine rings is 1. The van der Waals surface area contributed by atoms with Gasteiger partial charge in [-0.15, -0.1) is 0 Å². The molecule has 0 saturated heterocycles. The normalized spacial score (nSPS) is 11.5. The predicted molar refractivity (Wildman–Crippen MR) is 76.9 cm³/mol.